The Morgan fingerprint density at radius 2 is 1.88 bits per heavy atom. The van der Waals surface area contributed by atoms with E-state index in [1.165, 1.54) is 11.0 Å². The Hall–Kier alpha value is -3.86. The highest BCUT2D eigenvalue weighted by molar-refractivity contribution is 6.05. The number of alkyl halides is 3. The molecule has 11 heteroatoms. The maximum Gasteiger partial charge on any atom is 0.416 e. The number of rotatable bonds is 3. The van der Waals surface area contributed by atoms with Crippen LogP contribution >= 0.6 is 0 Å². The average Bonchev–Trinajstić information content (AvgIpc) is 3.62. The van der Waals surface area contributed by atoms with E-state index < -0.39 is 23.7 Å². The first kappa shape index (κ1) is 25.1. The molecule has 2 fully saturated rings. The van der Waals surface area contributed by atoms with E-state index in [4.69, 9.17) is 4.74 Å². The lowest BCUT2D eigenvalue weighted by atomic mass is 9.74. The Bertz CT molecular complexity index is 1570. The van der Waals surface area contributed by atoms with E-state index in [1.54, 1.807) is 6.20 Å². The van der Waals surface area contributed by atoms with Crippen LogP contribution in [0.3, 0.4) is 0 Å². The summed E-state index contributed by atoms with van der Waals surface area (Å²) < 4.78 is 46.8. The number of hydrogen-bond donors (Lipinski definition) is 2. The number of carbonyl (C=O) groups excluding carboxylic acids is 3. The van der Waals surface area contributed by atoms with Crippen molar-refractivity contribution in [3.8, 4) is 5.75 Å². The molecule has 0 bridgehead atoms. The van der Waals surface area contributed by atoms with Crippen LogP contribution in [0.5, 0.6) is 5.75 Å². The molecule has 1 atom stereocenters. The minimum atomic E-state index is -4.42. The van der Waals surface area contributed by atoms with Crippen LogP contribution in [0.25, 0.3) is 10.9 Å². The topological polar surface area (TPSA) is 94.7 Å². The molecule has 2 saturated heterocycles. The van der Waals surface area contributed by atoms with Gasteiger partial charge in [-0.1, -0.05) is 6.07 Å². The van der Waals surface area contributed by atoms with Crippen LogP contribution in [0.4, 0.5) is 13.2 Å². The van der Waals surface area contributed by atoms with E-state index in [9.17, 15) is 27.6 Å². The van der Waals surface area contributed by atoms with Gasteiger partial charge in [0.15, 0.2) is 0 Å². The first-order valence-electron chi connectivity index (χ1n) is 13.5. The quantitative estimate of drug-likeness (QED) is 0.481. The molecule has 2 N–H and O–H groups in total. The molecule has 8 nitrogen and oxygen atoms in total. The van der Waals surface area contributed by atoms with Crippen molar-refractivity contribution in [1.82, 2.24) is 20.1 Å². The maximum absolute atomic E-state index is 13.5. The van der Waals surface area contributed by atoms with Gasteiger partial charge in [-0.3, -0.25) is 24.6 Å². The summed E-state index contributed by atoms with van der Waals surface area (Å²) in [5.41, 5.74) is 2.60. The molecule has 3 amide bonds. The van der Waals surface area contributed by atoms with Crippen LogP contribution in [0.2, 0.25) is 0 Å². The fraction of sp³-hybridized carbons (Fsp3) is 0.414. The molecule has 1 unspecified atom stereocenters. The van der Waals surface area contributed by atoms with Crippen molar-refractivity contribution in [2.75, 3.05) is 19.7 Å². The highest BCUT2D eigenvalue weighted by Gasteiger charge is 2.47. The molecule has 7 rings (SSSR count). The first-order valence-corrected chi connectivity index (χ1v) is 13.5. The van der Waals surface area contributed by atoms with Gasteiger partial charge in [0, 0.05) is 52.2 Å². The van der Waals surface area contributed by atoms with Gasteiger partial charge >= 0.3 is 6.18 Å². The van der Waals surface area contributed by atoms with E-state index in [0.717, 1.165) is 35.4 Å². The third-order valence-electron chi connectivity index (χ3n) is 9.02. The summed E-state index contributed by atoms with van der Waals surface area (Å²) >= 11 is 0. The minimum absolute atomic E-state index is 0.195. The lowest BCUT2D eigenvalue weighted by Gasteiger charge is -2.38. The minimum Gasteiger partial charge on any atom is -0.492 e. The van der Waals surface area contributed by atoms with Crippen molar-refractivity contribution in [2.24, 2.45) is 0 Å². The van der Waals surface area contributed by atoms with Crippen molar-refractivity contribution < 1.29 is 32.3 Å². The van der Waals surface area contributed by atoms with E-state index in [2.05, 4.69) is 15.2 Å². The number of benzene rings is 2. The van der Waals surface area contributed by atoms with E-state index in [0.29, 0.717) is 55.1 Å². The smallest absolute Gasteiger partial charge is 0.416 e. The predicted octanol–water partition coefficient (Wildman–Crippen LogP) is 3.87. The molecule has 0 aliphatic carbocycles. The molecule has 208 valence electrons. The molecule has 4 aliphatic rings. The molecule has 4 aliphatic heterocycles. The summed E-state index contributed by atoms with van der Waals surface area (Å²) in [5.74, 6) is -0.296. The number of likely N-dealkylation sites (tertiary alicyclic amines) is 1. The SMILES string of the molecule is O=C1CCC(N2Cc3c(ccc4c3OCC43CCN(Cc4cc(C(F)(F)F)cc5[nH]ccc45)CC3)C2=O)C(=O)N1. The normalized spacial score (nSPS) is 22.5. The second kappa shape index (κ2) is 8.82. The Morgan fingerprint density at radius 1 is 1.07 bits per heavy atom. The van der Waals surface area contributed by atoms with Gasteiger partial charge in [0.1, 0.15) is 11.8 Å². The number of nitrogens with one attached hydrogen (secondary N) is 2. The summed E-state index contributed by atoms with van der Waals surface area (Å²) in [4.78, 5) is 43.8. The number of hydrogen-bond acceptors (Lipinski definition) is 5. The maximum atomic E-state index is 13.5. The predicted molar refractivity (Wildman–Crippen MR) is 137 cm³/mol. The van der Waals surface area contributed by atoms with Gasteiger partial charge in [-0.05, 0) is 62.2 Å². The van der Waals surface area contributed by atoms with Crippen molar-refractivity contribution in [2.45, 2.75) is 56.4 Å². The monoisotopic (exact) mass is 552 g/mol. The highest BCUT2D eigenvalue weighted by atomic mass is 19.4. The van der Waals surface area contributed by atoms with E-state index in [1.807, 2.05) is 18.2 Å². The molecule has 2 aromatic carbocycles. The van der Waals surface area contributed by atoms with Gasteiger partial charge in [0.05, 0.1) is 18.7 Å². The molecule has 0 radical (unpaired) electrons. The van der Waals surface area contributed by atoms with Gasteiger partial charge in [-0.2, -0.15) is 13.2 Å². The Morgan fingerprint density at radius 3 is 2.62 bits per heavy atom. The second-order valence-electron chi connectivity index (χ2n) is 11.3. The molecule has 40 heavy (non-hydrogen) atoms. The summed E-state index contributed by atoms with van der Waals surface area (Å²) in [6.45, 7) is 2.55. The van der Waals surface area contributed by atoms with Crippen LogP contribution in [-0.4, -0.2) is 58.2 Å². The lowest BCUT2D eigenvalue weighted by molar-refractivity contribution is -0.138. The number of fused-ring (bicyclic) bond motifs is 5. The third kappa shape index (κ3) is 3.89. The summed E-state index contributed by atoms with van der Waals surface area (Å²) in [7, 11) is 0. The molecule has 1 spiro atoms. The van der Waals surface area contributed by atoms with Crippen LogP contribution in [-0.2, 0) is 34.3 Å². The lowest BCUT2D eigenvalue weighted by Crippen LogP contribution is -2.52. The van der Waals surface area contributed by atoms with Crippen LogP contribution in [0.1, 0.15) is 58.3 Å². The standard InChI is InChI=1S/C29H27F3N4O4/c30-29(31,32)17-11-16(18-5-8-33-22(18)12-17)13-35-9-6-28(7-10-35)15-40-25-20-14-36(23-3-4-24(37)34-26(23)38)27(39)19(20)1-2-21(25)28/h1-2,5,8,11-12,23,33H,3-4,6-7,9-10,13-15H2,(H,34,37,38). The average molecular weight is 553 g/mol. The third-order valence-corrected chi connectivity index (χ3v) is 9.02. The Balaban J connectivity index is 1.09. The number of H-pyrrole nitrogens is 1. The van der Waals surface area contributed by atoms with Crippen molar-refractivity contribution in [3.63, 3.8) is 0 Å². The second-order valence-corrected chi connectivity index (χ2v) is 11.3. The largest absolute Gasteiger partial charge is 0.492 e. The van der Waals surface area contributed by atoms with Crippen molar-refractivity contribution in [1.29, 1.82) is 0 Å². The number of amides is 3. The van der Waals surface area contributed by atoms with Crippen LogP contribution < -0.4 is 10.1 Å². The van der Waals surface area contributed by atoms with Gasteiger partial charge in [0.2, 0.25) is 11.8 Å². The zero-order valence-electron chi connectivity index (χ0n) is 21.6. The number of ether oxygens (including phenoxy) is 1. The van der Waals surface area contributed by atoms with Crippen LogP contribution in [0, 0.1) is 0 Å². The van der Waals surface area contributed by atoms with Crippen molar-refractivity contribution in [3.05, 3.63) is 64.3 Å². The van der Waals surface area contributed by atoms with Gasteiger partial charge < -0.3 is 14.6 Å². The van der Waals surface area contributed by atoms with Gasteiger partial charge in [-0.25, -0.2) is 0 Å². The Labute approximate surface area is 227 Å². The molecular weight excluding hydrogens is 525 g/mol. The fourth-order valence-electron chi connectivity index (χ4n) is 6.82. The number of piperidine rings is 2. The zero-order chi connectivity index (χ0) is 27.8. The first-order chi connectivity index (χ1) is 19.1. The molecular formula is C29H27F3N4O4. The van der Waals surface area contributed by atoms with E-state index >= 15 is 0 Å². The fourth-order valence-corrected chi connectivity index (χ4v) is 6.82. The summed E-state index contributed by atoms with van der Waals surface area (Å²) in [6, 6.07) is 7.31. The number of aromatic amines is 1. The summed E-state index contributed by atoms with van der Waals surface area (Å²) in [5, 5.41) is 3.12. The number of carbonyl (C=O) groups is 3. The number of aromatic nitrogens is 1. The number of nitrogens with zero attached hydrogens (tertiary/aromatic N) is 2. The molecule has 1 aromatic heterocycles. The highest BCUT2D eigenvalue weighted by Crippen LogP contribution is 2.50. The summed E-state index contributed by atoms with van der Waals surface area (Å²) in [6.07, 6.45) is -0.705. The Kier molecular flexibility index (Phi) is 5.54. The molecule has 3 aromatic rings. The van der Waals surface area contributed by atoms with Gasteiger partial charge in [0.25, 0.3) is 5.91 Å². The zero-order valence-corrected chi connectivity index (χ0v) is 21.6. The number of halogens is 3. The molecule has 5 heterocycles. The van der Waals surface area contributed by atoms with Crippen molar-refractivity contribution >= 4 is 28.6 Å². The van der Waals surface area contributed by atoms with Gasteiger partial charge in [-0.15, -0.1) is 0 Å². The van der Waals surface area contributed by atoms with Crippen LogP contribution in [0.15, 0.2) is 36.5 Å². The molecule has 0 saturated carbocycles. The van der Waals surface area contributed by atoms with E-state index in [-0.39, 0.29) is 30.2 Å². The number of imide groups is 1.